The highest BCUT2D eigenvalue weighted by Crippen LogP contribution is 2.19. The Morgan fingerprint density at radius 3 is 2.61 bits per heavy atom. The predicted molar refractivity (Wildman–Crippen MR) is 78.4 cm³/mol. The van der Waals surface area contributed by atoms with E-state index in [-0.39, 0.29) is 0 Å². The Morgan fingerprint density at radius 1 is 1.06 bits per heavy atom. The van der Waals surface area contributed by atoms with E-state index in [1.165, 1.54) is 30.4 Å². The number of aryl methyl sites for hydroxylation is 2. The topological polar surface area (TPSA) is 21.3 Å². The molecular weight excluding hydrogens is 222 g/mol. The normalized spacial score (nSPS) is 10.6. The maximum atomic E-state index is 5.83. The number of hydrogen-bond acceptors (Lipinski definition) is 2. The first-order valence-corrected chi connectivity index (χ1v) is 7.15. The zero-order chi connectivity index (χ0) is 13.2. The van der Waals surface area contributed by atoms with Crippen molar-refractivity contribution >= 4 is 0 Å². The molecule has 0 unspecified atom stereocenters. The first-order chi connectivity index (χ1) is 8.74. The molecule has 1 aromatic carbocycles. The van der Waals surface area contributed by atoms with Gasteiger partial charge in [0.2, 0.25) is 0 Å². The lowest BCUT2D eigenvalue weighted by atomic mass is 10.1. The largest absolute Gasteiger partial charge is 0.493 e. The van der Waals surface area contributed by atoms with Crippen molar-refractivity contribution in [2.45, 2.75) is 46.5 Å². The number of ether oxygens (including phenoxy) is 1. The fourth-order valence-corrected chi connectivity index (χ4v) is 1.93. The Labute approximate surface area is 112 Å². The first-order valence-electron chi connectivity index (χ1n) is 7.15. The molecule has 0 heterocycles. The molecule has 0 aliphatic heterocycles. The molecule has 0 aromatic heterocycles. The van der Waals surface area contributed by atoms with Gasteiger partial charge in [-0.3, -0.25) is 0 Å². The van der Waals surface area contributed by atoms with Gasteiger partial charge in [-0.2, -0.15) is 0 Å². The molecule has 2 nitrogen and oxygen atoms in total. The zero-order valence-electron chi connectivity index (χ0n) is 12.1. The van der Waals surface area contributed by atoms with E-state index in [9.17, 15) is 0 Å². The van der Waals surface area contributed by atoms with Crippen molar-refractivity contribution in [3.8, 4) is 5.75 Å². The van der Waals surface area contributed by atoms with Crippen molar-refractivity contribution in [1.82, 2.24) is 5.32 Å². The van der Waals surface area contributed by atoms with Gasteiger partial charge >= 0.3 is 0 Å². The van der Waals surface area contributed by atoms with E-state index in [1.807, 2.05) is 0 Å². The molecule has 0 amide bonds. The molecule has 0 spiro atoms. The van der Waals surface area contributed by atoms with Gasteiger partial charge in [0, 0.05) is 0 Å². The van der Waals surface area contributed by atoms with Crippen LogP contribution in [0.3, 0.4) is 0 Å². The number of nitrogens with one attached hydrogen (secondary N) is 1. The van der Waals surface area contributed by atoms with Gasteiger partial charge in [0.1, 0.15) is 5.75 Å². The van der Waals surface area contributed by atoms with Crippen LogP contribution in [0, 0.1) is 13.8 Å². The van der Waals surface area contributed by atoms with E-state index in [0.717, 1.165) is 31.9 Å². The minimum Gasteiger partial charge on any atom is -0.493 e. The second-order valence-electron chi connectivity index (χ2n) is 4.89. The minimum atomic E-state index is 0.839. The molecule has 0 atom stereocenters. The summed E-state index contributed by atoms with van der Waals surface area (Å²) in [6, 6.07) is 6.38. The summed E-state index contributed by atoms with van der Waals surface area (Å²) in [6.45, 7) is 9.42. The Bertz CT molecular complexity index is 336. The van der Waals surface area contributed by atoms with Crippen LogP contribution in [0.1, 0.15) is 43.7 Å². The molecule has 0 saturated carbocycles. The molecule has 102 valence electrons. The average molecular weight is 249 g/mol. The number of rotatable bonds is 9. The maximum absolute atomic E-state index is 5.83. The molecule has 1 aromatic rings. The zero-order valence-corrected chi connectivity index (χ0v) is 12.1. The Balaban J connectivity index is 2.09. The van der Waals surface area contributed by atoms with Crippen molar-refractivity contribution in [3.05, 3.63) is 29.3 Å². The fraction of sp³-hybridized carbons (Fsp3) is 0.625. The highest BCUT2D eigenvalue weighted by molar-refractivity contribution is 5.35. The summed E-state index contributed by atoms with van der Waals surface area (Å²) < 4.78 is 5.83. The molecule has 0 radical (unpaired) electrons. The standard InChI is InChI=1S/C16H27NO/c1-4-17-11-7-5-6-8-12-18-16-13-14(2)9-10-15(16)3/h9-10,13,17H,4-8,11-12H2,1-3H3. The summed E-state index contributed by atoms with van der Waals surface area (Å²) in [7, 11) is 0. The summed E-state index contributed by atoms with van der Waals surface area (Å²) in [5.74, 6) is 1.04. The van der Waals surface area contributed by atoms with Crippen LogP contribution in [-0.2, 0) is 0 Å². The van der Waals surface area contributed by atoms with E-state index >= 15 is 0 Å². The molecule has 1 rings (SSSR count). The molecule has 0 aliphatic carbocycles. The van der Waals surface area contributed by atoms with Crippen molar-refractivity contribution in [2.75, 3.05) is 19.7 Å². The summed E-state index contributed by atoms with van der Waals surface area (Å²) in [5.41, 5.74) is 2.49. The maximum Gasteiger partial charge on any atom is 0.122 e. The lowest BCUT2D eigenvalue weighted by Gasteiger charge is -2.09. The van der Waals surface area contributed by atoms with Crippen LogP contribution in [0.4, 0.5) is 0 Å². The van der Waals surface area contributed by atoms with Crippen LogP contribution in [0.5, 0.6) is 5.75 Å². The van der Waals surface area contributed by atoms with E-state index in [1.54, 1.807) is 0 Å². The van der Waals surface area contributed by atoms with Gasteiger partial charge in [0.25, 0.3) is 0 Å². The van der Waals surface area contributed by atoms with Crippen molar-refractivity contribution in [2.24, 2.45) is 0 Å². The lowest BCUT2D eigenvalue weighted by molar-refractivity contribution is 0.302. The van der Waals surface area contributed by atoms with Crippen molar-refractivity contribution < 1.29 is 4.74 Å². The quantitative estimate of drug-likeness (QED) is 0.671. The highest BCUT2D eigenvalue weighted by atomic mass is 16.5. The van der Waals surface area contributed by atoms with Gasteiger partial charge in [-0.15, -0.1) is 0 Å². The summed E-state index contributed by atoms with van der Waals surface area (Å²) in [4.78, 5) is 0. The molecule has 2 heteroatoms. The Hall–Kier alpha value is -1.02. The summed E-state index contributed by atoms with van der Waals surface area (Å²) in [5, 5.41) is 3.35. The molecule has 18 heavy (non-hydrogen) atoms. The molecule has 0 aliphatic rings. The van der Waals surface area contributed by atoms with Gasteiger partial charge in [-0.05, 0) is 57.0 Å². The second-order valence-corrected chi connectivity index (χ2v) is 4.89. The highest BCUT2D eigenvalue weighted by Gasteiger charge is 1.99. The van der Waals surface area contributed by atoms with Crippen LogP contribution in [0.25, 0.3) is 0 Å². The number of hydrogen-bond donors (Lipinski definition) is 1. The van der Waals surface area contributed by atoms with Crippen LogP contribution >= 0.6 is 0 Å². The summed E-state index contributed by atoms with van der Waals surface area (Å²) >= 11 is 0. The molecule has 0 fully saturated rings. The third-order valence-corrected chi connectivity index (χ3v) is 3.10. The van der Waals surface area contributed by atoms with E-state index in [2.05, 4.69) is 44.3 Å². The van der Waals surface area contributed by atoms with Gasteiger partial charge in [0.15, 0.2) is 0 Å². The van der Waals surface area contributed by atoms with Crippen LogP contribution < -0.4 is 10.1 Å². The van der Waals surface area contributed by atoms with Crippen molar-refractivity contribution in [1.29, 1.82) is 0 Å². The molecule has 0 saturated heterocycles. The van der Waals surface area contributed by atoms with Crippen LogP contribution in [0.15, 0.2) is 18.2 Å². The molecule has 0 bridgehead atoms. The smallest absolute Gasteiger partial charge is 0.122 e. The van der Waals surface area contributed by atoms with Gasteiger partial charge in [0.05, 0.1) is 6.61 Å². The van der Waals surface area contributed by atoms with E-state index < -0.39 is 0 Å². The molecule has 1 N–H and O–H groups in total. The van der Waals surface area contributed by atoms with Gasteiger partial charge < -0.3 is 10.1 Å². The predicted octanol–water partition coefficient (Wildman–Crippen LogP) is 3.85. The van der Waals surface area contributed by atoms with Crippen molar-refractivity contribution in [3.63, 3.8) is 0 Å². The van der Waals surface area contributed by atoms with Gasteiger partial charge in [-0.25, -0.2) is 0 Å². The third kappa shape index (κ3) is 6.06. The summed E-state index contributed by atoms with van der Waals surface area (Å²) in [6.07, 6.45) is 4.98. The van der Waals surface area contributed by atoms with Crippen LogP contribution in [0.2, 0.25) is 0 Å². The number of unbranched alkanes of at least 4 members (excludes halogenated alkanes) is 3. The minimum absolute atomic E-state index is 0.839. The van der Waals surface area contributed by atoms with Crippen LogP contribution in [-0.4, -0.2) is 19.7 Å². The monoisotopic (exact) mass is 249 g/mol. The van der Waals surface area contributed by atoms with E-state index in [0.29, 0.717) is 0 Å². The average Bonchev–Trinajstić information content (AvgIpc) is 2.36. The first kappa shape index (κ1) is 15.0. The molecular formula is C16H27NO. The Morgan fingerprint density at radius 2 is 1.83 bits per heavy atom. The van der Waals surface area contributed by atoms with Gasteiger partial charge in [-0.1, -0.05) is 31.9 Å². The third-order valence-electron chi connectivity index (χ3n) is 3.10. The second kappa shape index (κ2) is 8.98. The SMILES string of the molecule is CCNCCCCCCOc1cc(C)ccc1C. The lowest BCUT2D eigenvalue weighted by Crippen LogP contribution is -2.13. The Kier molecular flexibility index (Phi) is 7.51. The number of benzene rings is 1. The fourth-order valence-electron chi connectivity index (χ4n) is 1.93. The van der Waals surface area contributed by atoms with E-state index in [4.69, 9.17) is 4.74 Å².